The van der Waals surface area contributed by atoms with Crippen LogP contribution in [-0.4, -0.2) is 65.2 Å². The van der Waals surface area contributed by atoms with Crippen molar-refractivity contribution in [2.45, 2.75) is 45.6 Å². The molecule has 8 heteroatoms. The number of aliphatic imine (C=N–C) groups is 1. The van der Waals surface area contributed by atoms with E-state index in [0.717, 1.165) is 82.6 Å². The first-order valence-corrected chi connectivity index (χ1v) is 10.8. The predicted molar refractivity (Wildman–Crippen MR) is 132 cm³/mol. The highest BCUT2D eigenvalue weighted by Crippen LogP contribution is 2.28. The van der Waals surface area contributed by atoms with E-state index in [1.54, 1.807) is 7.11 Å². The zero-order valence-corrected chi connectivity index (χ0v) is 20.9. The van der Waals surface area contributed by atoms with Gasteiger partial charge in [-0.15, -0.1) is 24.0 Å². The number of rotatable bonds is 13. The first-order valence-electron chi connectivity index (χ1n) is 10.8. The molecule has 0 bridgehead atoms. The Morgan fingerprint density at radius 3 is 2.77 bits per heavy atom. The Balaban J connectivity index is 0.00000450. The monoisotopic (exact) mass is 535 g/mol. The van der Waals surface area contributed by atoms with Crippen LogP contribution in [0.2, 0.25) is 0 Å². The van der Waals surface area contributed by atoms with Crippen molar-refractivity contribution in [3.05, 3.63) is 23.8 Å². The van der Waals surface area contributed by atoms with Gasteiger partial charge in [0.15, 0.2) is 17.5 Å². The maximum Gasteiger partial charge on any atom is 0.191 e. The molecule has 0 amide bonds. The Labute approximate surface area is 198 Å². The van der Waals surface area contributed by atoms with Gasteiger partial charge in [-0.3, -0.25) is 4.99 Å². The van der Waals surface area contributed by atoms with Crippen molar-refractivity contribution in [3.8, 4) is 11.5 Å². The molecule has 1 saturated heterocycles. The van der Waals surface area contributed by atoms with Gasteiger partial charge >= 0.3 is 0 Å². The Bertz CT molecular complexity index is 610. The van der Waals surface area contributed by atoms with E-state index in [9.17, 15) is 0 Å². The van der Waals surface area contributed by atoms with E-state index in [1.165, 1.54) is 5.56 Å². The van der Waals surface area contributed by atoms with Gasteiger partial charge < -0.3 is 29.6 Å². The number of nitrogens with one attached hydrogen (secondary N) is 2. The second-order valence-electron chi connectivity index (χ2n) is 6.92. The van der Waals surface area contributed by atoms with Crippen LogP contribution in [0.25, 0.3) is 0 Å². The van der Waals surface area contributed by atoms with Crippen LogP contribution in [0.4, 0.5) is 0 Å². The molecule has 1 unspecified atom stereocenters. The Kier molecular flexibility index (Phi) is 14.7. The van der Waals surface area contributed by atoms with Crippen molar-refractivity contribution in [2.75, 3.05) is 53.2 Å². The second-order valence-corrected chi connectivity index (χ2v) is 6.92. The van der Waals surface area contributed by atoms with Gasteiger partial charge in [0.05, 0.1) is 26.4 Å². The van der Waals surface area contributed by atoms with Gasteiger partial charge in [-0.25, -0.2) is 0 Å². The molecule has 1 atom stereocenters. The highest BCUT2D eigenvalue weighted by molar-refractivity contribution is 14.0. The Morgan fingerprint density at radius 1 is 1.20 bits per heavy atom. The van der Waals surface area contributed by atoms with Crippen molar-refractivity contribution < 1.29 is 18.9 Å². The van der Waals surface area contributed by atoms with Crippen molar-refractivity contribution in [2.24, 2.45) is 4.99 Å². The minimum absolute atomic E-state index is 0. The summed E-state index contributed by atoms with van der Waals surface area (Å²) in [6.07, 6.45) is 4.16. The third-order valence-electron chi connectivity index (χ3n) is 4.62. The number of aryl methyl sites for hydroxylation is 1. The molecule has 1 fully saturated rings. The number of nitrogens with zero attached hydrogens (tertiary/aromatic N) is 1. The average Bonchev–Trinajstić information content (AvgIpc) is 3.25. The summed E-state index contributed by atoms with van der Waals surface area (Å²) >= 11 is 0. The topological polar surface area (TPSA) is 73.3 Å². The lowest BCUT2D eigenvalue weighted by atomic mass is 10.1. The molecule has 1 aliphatic heterocycles. The molecule has 7 nitrogen and oxygen atoms in total. The average molecular weight is 535 g/mol. The summed E-state index contributed by atoms with van der Waals surface area (Å²) in [5.74, 6) is 2.44. The normalized spacial score (nSPS) is 16.1. The third-order valence-corrected chi connectivity index (χ3v) is 4.62. The Morgan fingerprint density at radius 2 is 2.07 bits per heavy atom. The van der Waals surface area contributed by atoms with Crippen molar-refractivity contribution in [1.82, 2.24) is 10.6 Å². The first-order chi connectivity index (χ1) is 14.3. The fraction of sp³-hybridized carbons (Fsp3) is 0.682. The maximum atomic E-state index is 5.79. The van der Waals surface area contributed by atoms with Crippen molar-refractivity contribution in [3.63, 3.8) is 0 Å². The number of ether oxygens (including phenoxy) is 4. The summed E-state index contributed by atoms with van der Waals surface area (Å²) in [5, 5.41) is 6.67. The predicted octanol–water partition coefficient (Wildman–Crippen LogP) is 3.40. The van der Waals surface area contributed by atoms with E-state index < -0.39 is 0 Å². The summed E-state index contributed by atoms with van der Waals surface area (Å²) in [6, 6.07) is 6.11. The van der Waals surface area contributed by atoms with Crippen LogP contribution in [0.3, 0.4) is 0 Å². The lowest BCUT2D eigenvalue weighted by molar-refractivity contribution is 0.0420. The molecular weight excluding hydrogens is 497 g/mol. The summed E-state index contributed by atoms with van der Waals surface area (Å²) in [7, 11) is 1.66. The van der Waals surface area contributed by atoms with E-state index in [-0.39, 0.29) is 30.1 Å². The molecule has 1 aliphatic rings. The van der Waals surface area contributed by atoms with Gasteiger partial charge in [-0.05, 0) is 57.2 Å². The van der Waals surface area contributed by atoms with Crippen LogP contribution in [-0.2, 0) is 15.9 Å². The smallest absolute Gasteiger partial charge is 0.191 e. The van der Waals surface area contributed by atoms with Gasteiger partial charge in [0, 0.05) is 32.8 Å². The molecule has 0 spiro atoms. The summed E-state index contributed by atoms with van der Waals surface area (Å²) < 4.78 is 22.1. The van der Waals surface area contributed by atoms with E-state index in [1.807, 2.05) is 13.0 Å². The number of hydrogen-bond acceptors (Lipinski definition) is 5. The van der Waals surface area contributed by atoms with Crippen LogP contribution in [0.5, 0.6) is 11.5 Å². The zero-order chi connectivity index (χ0) is 20.7. The van der Waals surface area contributed by atoms with E-state index in [2.05, 4.69) is 34.7 Å². The molecular formula is C22H38IN3O4. The minimum Gasteiger partial charge on any atom is -0.493 e. The molecule has 1 heterocycles. The fourth-order valence-electron chi connectivity index (χ4n) is 3.13. The molecule has 0 aliphatic carbocycles. The molecule has 0 saturated carbocycles. The maximum absolute atomic E-state index is 5.79. The first kappa shape index (κ1) is 26.8. The van der Waals surface area contributed by atoms with Gasteiger partial charge in [-0.1, -0.05) is 6.07 Å². The van der Waals surface area contributed by atoms with E-state index in [4.69, 9.17) is 18.9 Å². The molecule has 0 aromatic heterocycles. The molecule has 172 valence electrons. The van der Waals surface area contributed by atoms with E-state index >= 15 is 0 Å². The lowest BCUT2D eigenvalue weighted by Gasteiger charge is -2.13. The van der Waals surface area contributed by atoms with Crippen LogP contribution in [0.15, 0.2) is 23.2 Å². The molecule has 1 aromatic carbocycles. The van der Waals surface area contributed by atoms with Gasteiger partial charge in [-0.2, -0.15) is 0 Å². The van der Waals surface area contributed by atoms with Crippen LogP contribution < -0.4 is 20.1 Å². The Hall–Kier alpha value is -1.26. The van der Waals surface area contributed by atoms with E-state index in [0.29, 0.717) is 6.61 Å². The zero-order valence-electron chi connectivity index (χ0n) is 18.6. The van der Waals surface area contributed by atoms with Gasteiger partial charge in [0.1, 0.15) is 0 Å². The van der Waals surface area contributed by atoms with Crippen LogP contribution >= 0.6 is 24.0 Å². The molecule has 2 N–H and O–H groups in total. The number of halogens is 1. The fourth-order valence-corrected chi connectivity index (χ4v) is 3.13. The van der Waals surface area contributed by atoms with Crippen LogP contribution in [0.1, 0.15) is 38.7 Å². The summed E-state index contributed by atoms with van der Waals surface area (Å²) in [4.78, 5) is 4.67. The molecule has 0 radical (unpaired) electrons. The summed E-state index contributed by atoms with van der Waals surface area (Å²) in [6.45, 7) is 9.44. The highest BCUT2D eigenvalue weighted by Gasteiger charge is 2.15. The number of hydrogen-bond donors (Lipinski definition) is 2. The highest BCUT2D eigenvalue weighted by atomic mass is 127. The van der Waals surface area contributed by atoms with Gasteiger partial charge in [0.2, 0.25) is 0 Å². The van der Waals surface area contributed by atoms with Crippen molar-refractivity contribution >= 4 is 29.9 Å². The largest absolute Gasteiger partial charge is 0.493 e. The molecule has 30 heavy (non-hydrogen) atoms. The lowest BCUT2D eigenvalue weighted by Crippen LogP contribution is -2.38. The quantitative estimate of drug-likeness (QED) is 0.175. The minimum atomic E-state index is 0. The van der Waals surface area contributed by atoms with Crippen LogP contribution in [0, 0.1) is 0 Å². The SMILES string of the molecule is CCNC(=NCCCc1ccc(OC)c(OCC)c1)NCCCOC1CCOC1.I. The summed E-state index contributed by atoms with van der Waals surface area (Å²) in [5.41, 5.74) is 1.23. The number of benzene rings is 1. The molecule has 2 rings (SSSR count). The number of methoxy groups -OCH3 is 1. The second kappa shape index (κ2) is 16.4. The van der Waals surface area contributed by atoms with Gasteiger partial charge in [0.25, 0.3) is 0 Å². The standard InChI is InChI=1S/C22H37N3O4.HI/c1-4-23-22(25-13-7-14-29-19-11-15-27-17-19)24-12-6-8-18-9-10-20(26-3)21(16-18)28-5-2;/h9-10,16,19H,4-8,11-15,17H2,1-3H3,(H2,23,24,25);1H. The number of guanidine groups is 1. The third kappa shape index (κ3) is 10.2. The molecule has 1 aromatic rings. The van der Waals surface area contributed by atoms with Crippen molar-refractivity contribution in [1.29, 1.82) is 0 Å².